The summed E-state index contributed by atoms with van der Waals surface area (Å²) >= 11 is 12.2. The van der Waals surface area contributed by atoms with Crippen LogP contribution in [0.3, 0.4) is 0 Å². The molecule has 1 aliphatic heterocycles. The Labute approximate surface area is 184 Å². The summed E-state index contributed by atoms with van der Waals surface area (Å²) in [5, 5.41) is 10.3. The van der Waals surface area contributed by atoms with Crippen LogP contribution in [-0.2, 0) is 0 Å². The monoisotopic (exact) mass is 443 g/mol. The highest BCUT2D eigenvalue weighted by atomic mass is 35.5. The summed E-state index contributed by atoms with van der Waals surface area (Å²) in [6.07, 6.45) is 6.46. The van der Waals surface area contributed by atoms with Gasteiger partial charge in [0.05, 0.1) is 10.6 Å². The standard InChI is InChI=1S/C22H19Cl2N3O3/c23-17-2-3-19(24)20(10-17)30-18-5-7-27(8-6-18)21-4-1-14(13-26-21)15-9-16(22(28)29)12-25-11-15/h1-4,9-13,18H,5-8H2,(H,28,29). The van der Waals surface area contributed by atoms with Gasteiger partial charge in [-0.1, -0.05) is 23.2 Å². The van der Waals surface area contributed by atoms with Crippen molar-refractivity contribution in [2.45, 2.75) is 18.9 Å². The van der Waals surface area contributed by atoms with E-state index in [0.29, 0.717) is 15.8 Å². The van der Waals surface area contributed by atoms with Crippen molar-refractivity contribution < 1.29 is 14.6 Å². The van der Waals surface area contributed by atoms with Gasteiger partial charge in [0.25, 0.3) is 0 Å². The lowest BCUT2D eigenvalue weighted by molar-refractivity contribution is 0.0696. The SMILES string of the molecule is O=C(O)c1cncc(-c2ccc(N3CCC(Oc4cc(Cl)ccc4Cl)CC3)nc2)c1. The predicted octanol–water partition coefficient (Wildman–Crippen LogP) is 5.20. The number of nitrogens with zero attached hydrogens (tertiary/aromatic N) is 3. The van der Waals surface area contributed by atoms with Gasteiger partial charge in [-0.25, -0.2) is 9.78 Å². The zero-order valence-electron chi connectivity index (χ0n) is 16.0. The lowest BCUT2D eigenvalue weighted by Crippen LogP contribution is -2.38. The predicted molar refractivity (Wildman–Crippen MR) is 117 cm³/mol. The number of pyridine rings is 2. The van der Waals surface area contributed by atoms with Gasteiger partial charge in [0, 0.05) is 66.7 Å². The number of aromatic carboxylic acids is 1. The molecule has 1 aliphatic rings. The van der Waals surface area contributed by atoms with Crippen LogP contribution in [0.5, 0.6) is 5.75 Å². The van der Waals surface area contributed by atoms with Gasteiger partial charge in [0.1, 0.15) is 17.7 Å². The summed E-state index contributed by atoms with van der Waals surface area (Å²) in [4.78, 5) is 21.9. The molecule has 0 radical (unpaired) electrons. The first-order chi connectivity index (χ1) is 14.5. The molecule has 3 aromatic rings. The Kier molecular flexibility index (Phi) is 6.06. The van der Waals surface area contributed by atoms with Crippen LogP contribution in [0.2, 0.25) is 10.0 Å². The molecular formula is C22H19Cl2N3O3. The Morgan fingerprint density at radius 2 is 1.83 bits per heavy atom. The highest BCUT2D eigenvalue weighted by Gasteiger charge is 2.22. The molecule has 0 atom stereocenters. The summed E-state index contributed by atoms with van der Waals surface area (Å²) < 4.78 is 6.04. The minimum atomic E-state index is -1.00. The third-order valence-electron chi connectivity index (χ3n) is 5.02. The maximum atomic E-state index is 11.1. The van der Waals surface area contributed by atoms with Gasteiger partial charge in [0.15, 0.2) is 0 Å². The van der Waals surface area contributed by atoms with E-state index in [9.17, 15) is 4.79 Å². The number of carboxylic acids is 1. The molecule has 30 heavy (non-hydrogen) atoms. The van der Waals surface area contributed by atoms with Crippen LogP contribution < -0.4 is 9.64 Å². The Bertz CT molecular complexity index is 1050. The average molecular weight is 444 g/mol. The van der Waals surface area contributed by atoms with E-state index in [-0.39, 0.29) is 11.7 Å². The Hall–Kier alpha value is -2.83. The number of hydrogen-bond acceptors (Lipinski definition) is 5. The van der Waals surface area contributed by atoms with Crippen LogP contribution in [0.4, 0.5) is 5.82 Å². The highest BCUT2D eigenvalue weighted by Crippen LogP contribution is 2.31. The smallest absolute Gasteiger partial charge is 0.337 e. The maximum Gasteiger partial charge on any atom is 0.337 e. The topological polar surface area (TPSA) is 75.5 Å². The van der Waals surface area contributed by atoms with Gasteiger partial charge in [-0.3, -0.25) is 4.98 Å². The number of benzene rings is 1. The zero-order valence-corrected chi connectivity index (χ0v) is 17.5. The summed E-state index contributed by atoms with van der Waals surface area (Å²) in [5.74, 6) is 0.487. The molecule has 0 aliphatic carbocycles. The fourth-order valence-electron chi connectivity index (χ4n) is 3.41. The summed E-state index contributed by atoms with van der Waals surface area (Å²) in [5.41, 5.74) is 1.70. The number of aromatic nitrogens is 2. The summed E-state index contributed by atoms with van der Waals surface area (Å²) in [6.45, 7) is 1.62. The number of carbonyl (C=O) groups is 1. The van der Waals surface area contributed by atoms with Gasteiger partial charge in [0.2, 0.25) is 0 Å². The zero-order chi connectivity index (χ0) is 21.1. The molecule has 1 fully saturated rings. The van der Waals surface area contributed by atoms with Crippen molar-refractivity contribution in [2.24, 2.45) is 0 Å². The number of rotatable bonds is 5. The fourth-order valence-corrected chi connectivity index (χ4v) is 3.73. The minimum absolute atomic E-state index is 0.0707. The van der Waals surface area contributed by atoms with Crippen molar-refractivity contribution in [3.63, 3.8) is 0 Å². The largest absolute Gasteiger partial charge is 0.489 e. The number of hydrogen-bond donors (Lipinski definition) is 1. The number of ether oxygens (including phenoxy) is 1. The van der Waals surface area contributed by atoms with E-state index in [1.54, 1.807) is 36.7 Å². The number of piperidine rings is 1. The molecule has 0 amide bonds. The van der Waals surface area contributed by atoms with Gasteiger partial charge in [-0.05, 0) is 30.3 Å². The van der Waals surface area contributed by atoms with Gasteiger partial charge in [-0.2, -0.15) is 0 Å². The van der Waals surface area contributed by atoms with Crippen LogP contribution in [0.1, 0.15) is 23.2 Å². The van der Waals surface area contributed by atoms with Crippen LogP contribution in [-0.4, -0.2) is 40.2 Å². The molecule has 0 bridgehead atoms. The van der Waals surface area contributed by atoms with Crippen molar-refractivity contribution >= 4 is 35.0 Å². The second-order valence-electron chi connectivity index (χ2n) is 7.05. The molecule has 8 heteroatoms. The van der Waals surface area contributed by atoms with Crippen LogP contribution in [0.25, 0.3) is 11.1 Å². The van der Waals surface area contributed by atoms with E-state index in [1.807, 2.05) is 12.1 Å². The summed E-state index contributed by atoms with van der Waals surface area (Å²) in [6, 6.07) is 10.7. The molecule has 154 valence electrons. The molecule has 1 N–H and O–H groups in total. The quantitative estimate of drug-likeness (QED) is 0.583. The lowest BCUT2D eigenvalue weighted by Gasteiger charge is -2.33. The van der Waals surface area contributed by atoms with E-state index in [1.165, 1.54) is 6.20 Å². The number of anilines is 1. The first kappa shape index (κ1) is 20.4. The molecule has 1 aromatic carbocycles. The minimum Gasteiger partial charge on any atom is -0.489 e. The lowest BCUT2D eigenvalue weighted by atomic mass is 10.1. The number of carboxylic acid groups (broad SMARTS) is 1. The first-order valence-electron chi connectivity index (χ1n) is 9.51. The van der Waals surface area contributed by atoms with E-state index in [2.05, 4.69) is 14.9 Å². The fraction of sp³-hybridized carbons (Fsp3) is 0.227. The van der Waals surface area contributed by atoms with Crippen LogP contribution >= 0.6 is 23.2 Å². The molecule has 3 heterocycles. The van der Waals surface area contributed by atoms with E-state index in [0.717, 1.165) is 42.9 Å². The first-order valence-corrected chi connectivity index (χ1v) is 10.3. The van der Waals surface area contributed by atoms with Crippen molar-refractivity contribution in [1.29, 1.82) is 0 Å². The van der Waals surface area contributed by atoms with E-state index < -0.39 is 5.97 Å². The van der Waals surface area contributed by atoms with E-state index in [4.69, 9.17) is 33.0 Å². The molecule has 1 saturated heterocycles. The molecule has 6 nitrogen and oxygen atoms in total. The molecular weight excluding hydrogens is 425 g/mol. The van der Waals surface area contributed by atoms with Crippen molar-refractivity contribution in [3.8, 4) is 16.9 Å². The Morgan fingerprint density at radius 1 is 1.03 bits per heavy atom. The second kappa shape index (κ2) is 8.90. The average Bonchev–Trinajstić information content (AvgIpc) is 2.77. The third-order valence-corrected chi connectivity index (χ3v) is 5.57. The van der Waals surface area contributed by atoms with Crippen LogP contribution in [0, 0.1) is 0 Å². The van der Waals surface area contributed by atoms with Crippen molar-refractivity contribution in [1.82, 2.24) is 9.97 Å². The Morgan fingerprint density at radius 3 is 2.53 bits per heavy atom. The van der Waals surface area contributed by atoms with Crippen LogP contribution in [0.15, 0.2) is 55.0 Å². The Balaban J connectivity index is 1.39. The summed E-state index contributed by atoms with van der Waals surface area (Å²) in [7, 11) is 0. The van der Waals surface area contributed by atoms with Gasteiger partial charge in [-0.15, -0.1) is 0 Å². The van der Waals surface area contributed by atoms with E-state index >= 15 is 0 Å². The third kappa shape index (κ3) is 4.66. The molecule has 2 aromatic heterocycles. The normalized spacial score (nSPS) is 14.5. The molecule has 4 rings (SSSR count). The molecule has 0 saturated carbocycles. The second-order valence-corrected chi connectivity index (χ2v) is 7.90. The van der Waals surface area contributed by atoms with Crippen molar-refractivity contribution in [3.05, 3.63) is 70.6 Å². The highest BCUT2D eigenvalue weighted by molar-refractivity contribution is 6.34. The van der Waals surface area contributed by atoms with Gasteiger partial charge >= 0.3 is 5.97 Å². The van der Waals surface area contributed by atoms with Crippen molar-refractivity contribution in [2.75, 3.05) is 18.0 Å². The number of halogens is 2. The molecule has 0 unspecified atom stereocenters. The van der Waals surface area contributed by atoms with Gasteiger partial charge < -0.3 is 14.7 Å². The molecule has 0 spiro atoms. The maximum absolute atomic E-state index is 11.1.